The lowest BCUT2D eigenvalue weighted by Gasteiger charge is -2.31. The van der Waals surface area contributed by atoms with E-state index < -0.39 is 17.3 Å². The topological polar surface area (TPSA) is 98.2 Å². The first-order valence-electron chi connectivity index (χ1n) is 8.45. The monoisotopic (exact) mass is 398 g/mol. The van der Waals surface area contributed by atoms with Gasteiger partial charge >= 0.3 is 0 Å². The Balaban J connectivity index is 1.62. The van der Waals surface area contributed by atoms with Gasteiger partial charge in [-0.2, -0.15) is 0 Å². The number of halogens is 2. The van der Waals surface area contributed by atoms with Gasteiger partial charge in [-0.3, -0.25) is 9.79 Å². The zero-order chi connectivity index (χ0) is 19.9. The molecule has 28 heavy (non-hydrogen) atoms. The Morgan fingerprint density at radius 2 is 2.18 bits per heavy atom. The lowest BCUT2D eigenvalue weighted by Crippen LogP contribution is -2.37. The first kappa shape index (κ1) is 18.1. The Morgan fingerprint density at radius 3 is 2.96 bits per heavy atom. The Kier molecular flexibility index (Phi) is 4.35. The Labute approximate surface area is 165 Å². The number of pyridine rings is 1. The van der Waals surface area contributed by atoms with Crippen molar-refractivity contribution >= 4 is 29.0 Å². The van der Waals surface area contributed by atoms with Crippen molar-refractivity contribution < 1.29 is 9.18 Å². The second-order valence-electron chi connectivity index (χ2n) is 6.67. The van der Waals surface area contributed by atoms with E-state index >= 15 is 0 Å². The smallest absolute Gasteiger partial charge is 0.277 e. The van der Waals surface area contributed by atoms with E-state index in [1.54, 1.807) is 24.4 Å². The maximum absolute atomic E-state index is 13.9. The van der Waals surface area contributed by atoms with Crippen molar-refractivity contribution in [3.63, 3.8) is 0 Å². The Morgan fingerprint density at radius 1 is 1.36 bits per heavy atom. The standard InChI is InChI=1S/C19H16ClFN6O/c1-19(10-27-6-5-23-17(27)16(22)26-19)11-3-2-4-13(7-11)25-18(28)15-14(21)8-12(20)9-24-15/h2-9H,10H2,1H3,(H2,22,26)(H,25,28). The summed E-state index contributed by atoms with van der Waals surface area (Å²) >= 11 is 5.68. The number of aromatic nitrogens is 3. The summed E-state index contributed by atoms with van der Waals surface area (Å²) in [6, 6.07) is 8.22. The van der Waals surface area contributed by atoms with Crippen LogP contribution in [0.15, 0.2) is 53.9 Å². The number of imidazole rings is 1. The molecule has 0 spiro atoms. The van der Waals surface area contributed by atoms with Gasteiger partial charge in [0.2, 0.25) is 0 Å². The number of aliphatic imine (C=N–C) groups is 1. The van der Waals surface area contributed by atoms with E-state index in [1.807, 2.05) is 23.8 Å². The normalized spacial score (nSPS) is 18.3. The zero-order valence-electron chi connectivity index (χ0n) is 14.9. The van der Waals surface area contributed by atoms with Crippen LogP contribution in [-0.4, -0.2) is 26.3 Å². The molecule has 3 N–H and O–H groups in total. The average Bonchev–Trinajstić information content (AvgIpc) is 3.10. The molecule has 1 aliphatic heterocycles. The molecule has 1 unspecified atom stereocenters. The zero-order valence-corrected chi connectivity index (χ0v) is 15.6. The van der Waals surface area contributed by atoms with Crippen LogP contribution in [0, 0.1) is 5.82 Å². The number of rotatable bonds is 3. The van der Waals surface area contributed by atoms with Crippen LogP contribution in [0.2, 0.25) is 5.02 Å². The van der Waals surface area contributed by atoms with Gasteiger partial charge in [-0.1, -0.05) is 23.7 Å². The second-order valence-corrected chi connectivity index (χ2v) is 7.10. The van der Waals surface area contributed by atoms with Gasteiger partial charge in [-0.15, -0.1) is 0 Å². The van der Waals surface area contributed by atoms with Crippen molar-refractivity contribution in [2.45, 2.75) is 19.0 Å². The summed E-state index contributed by atoms with van der Waals surface area (Å²) in [6.07, 6.45) is 4.74. The highest BCUT2D eigenvalue weighted by atomic mass is 35.5. The van der Waals surface area contributed by atoms with Gasteiger partial charge in [-0.25, -0.2) is 14.4 Å². The molecule has 1 aliphatic rings. The van der Waals surface area contributed by atoms with Crippen LogP contribution < -0.4 is 11.1 Å². The number of nitrogens with zero attached hydrogens (tertiary/aromatic N) is 4. The lowest BCUT2D eigenvalue weighted by molar-refractivity contribution is 0.101. The molecule has 1 aromatic carbocycles. The van der Waals surface area contributed by atoms with E-state index in [0.717, 1.165) is 11.6 Å². The molecule has 0 bridgehead atoms. The number of hydrogen-bond acceptors (Lipinski definition) is 5. The summed E-state index contributed by atoms with van der Waals surface area (Å²) < 4.78 is 15.9. The van der Waals surface area contributed by atoms with E-state index in [4.69, 9.17) is 17.3 Å². The fourth-order valence-electron chi connectivity index (χ4n) is 3.21. The minimum atomic E-state index is -0.787. The maximum Gasteiger partial charge on any atom is 0.277 e. The van der Waals surface area contributed by atoms with E-state index in [-0.39, 0.29) is 10.7 Å². The minimum Gasteiger partial charge on any atom is -0.381 e. The summed E-state index contributed by atoms with van der Waals surface area (Å²) in [6.45, 7) is 2.50. The third-order valence-corrected chi connectivity index (χ3v) is 4.76. The van der Waals surface area contributed by atoms with Gasteiger partial charge in [0, 0.05) is 24.3 Å². The third kappa shape index (κ3) is 3.22. The minimum absolute atomic E-state index is 0.121. The van der Waals surface area contributed by atoms with Crippen molar-refractivity contribution in [1.82, 2.24) is 14.5 Å². The molecule has 9 heteroatoms. The largest absolute Gasteiger partial charge is 0.381 e. The van der Waals surface area contributed by atoms with E-state index in [2.05, 4.69) is 20.3 Å². The molecule has 0 aliphatic carbocycles. The fourth-order valence-corrected chi connectivity index (χ4v) is 3.36. The summed E-state index contributed by atoms with van der Waals surface area (Å²) in [5.41, 5.74) is 6.43. The van der Waals surface area contributed by atoms with Crippen LogP contribution in [0.4, 0.5) is 10.1 Å². The van der Waals surface area contributed by atoms with Crippen LogP contribution in [0.25, 0.3) is 0 Å². The molecule has 0 saturated carbocycles. The predicted molar refractivity (Wildman–Crippen MR) is 104 cm³/mol. The Bertz CT molecular complexity index is 1110. The third-order valence-electron chi connectivity index (χ3n) is 4.56. The summed E-state index contributed by atoms with van der Waals surface area (Å²) in [5, 5.41) is 2.78. The molecule has 0 radical (unpaired) electrons. The Hall–Kier alpha value is -3.26. The van der Waals surface area contributed by atoms with Crippen molar-refractivity contribution in [3.8, 4) is 0 Å². The highest BCUT2D eigenvalue weighted by Gasteiger charge is 2.32. The second kappa shape index (κ2) is 6.72. The van der Waals surface area contributed by atoms with Gasteiger partial charge in [0.1, 0.15) is 5.54 Å². The molecule has 3 heterocycles. The highest BCUT2D eigenvalue weighted by molar-refractivity contribution is 6.30. The van der Waals surface area contributed by atoms with Crippen molar-refractivity contribution in [3.05, 3.63) is 76.8 Å². The van der Waals surface area contributed by atoms with Gasteiger partial charge in [0.25, 0.3) is 5.91 Å². The number of hydrogen-bond donors (Lipinski definition) is 2. The molecule has 0 saturated heterocycles. The number of fused-ring (bicyclic) bond motifs is 1. The molecule has 0 fully saturated rings. The molecule has 3 aromatic rings. The molecule has 142 valence electrons. The van der Waals surface area contributed by atoms with Crippen LogP contribution in [0.5, 0.6) is 0 Å². The van der Waals surface area contributed by atoms with Gasteiger partial charge in [0.15, 0.2) is 23.2 Å². The molecular formula is C19H16ClFN6O. The average molecular weight is 399 g/mol. The molecular weight excluding hydrogens is 383 g/mol. The van der Waals surface area contributed by atoms with E-state index in [0.29, 0.717) is 23.9 Å². The fraction of sp³-hybridized carbons (Fsp3) is 0.158. The summed E-state index contributed by atoms with van der Waals surface area (Å²) in [4.78, 5) is 25.0. The van der Waals surface area contributed by atoms with Gasteiger partial charge in [-0.05, 0) is 30.7 Å². The predicted octanol–water partition coefficient (Wildman–Crippen LogP) is 2.96. The van der Waals surface area contributed by atoms with Crippen LogP contribution >= 0.6 is 11.6 Å². The molecule has 2 aromatic heterocycles. The number of carbonyl (C=O) groups is 1. The molecule has 1 atom stereocenters. The summed E-state index contributed by atoms with van der Waals surface area (Å²) in [5.74, 6) is -0.475. The number of carbonyl (C=O) groups excluding carboxylic acids is 1. The first-order valence-corrected chi connectivity index (χ1v) is 8.83. The van der Waals surface area contributed by atoms with E-state index in [9.17, 15) is 9.18 Å². The maximum atomic E-state index is 13.9. The van der Waals surface area contributed by atoms with Gasteiger partial charge < -0.3 is 15.6 Å². The quantitative estimate of drug-likeness (QED) is 0.708. The number of amides is 1. The number of nitrogens with one attached hydrogen (secondary N) is 1. The van der Waals surface area contributed by atoms with Crippen molar-refractivity contribution in [2.24, 2.45) is 10.7 Å². The molecule has 4 rings (SSSR count). The van der Waals surface area contributed by atoms with Crippen LogP contribution in [-0.2, 0) is 12.1 Å². The number of nitrogens with two attached hydrogens (primary N) is 1. The number of benzene rings is 1. The SMILES string of the molecule is CC1(c2cccc(NC(=O)c3ncc(Cl)cc3F)c2)Cn2ccnc2C(N)=N1. The van der Waals surface area contributed by atoms with Crippen molar-refractivity contribution in [1.29, 1.82) is 0 Å². The number of amidine groups is 1. The first-order chi connectivity index (χ1) is 13.4. The molecule has 7 nitrogen and oxygen atoms in total. The number of anilines is 1. The lowest BCUT2D eigenvalue weighted by atomic mass is 9.91. The summed E-state index contributed by atoms with van der Waals surface area (Å²) in [7, 11) is 0. The van der Waals surface area contributed by atoms with E-state index in [1.165, 1.54) is 6.20 Å². The van der Waals surface area contributed by atoms with Gasteiger partial charge in [0.05, 0.1) is 11.6 Å². The van der Waals surface area contributed by atoms with Crippen molar-refractivity contribution in [2.75, 3.05) is 5.32 Å². The van der Waals surface area contributed by atoms with Crippen LogP contribution in [0.3, 0.4) is 0 Å². The van der Waals surface area contributed by atoms with Crippen LogP contribution in [0.1, 0.15) is 28.8 Å². The molecule has 1 amide bonds. The highest BCUT2D eigenvalue weighted by Crippen LogP contribution is 2.32.